The van der Waals surface area contributed by atoms with Crippen LogP contribution in [-0.4, -0.2) is 29.6 Å². The molecule has 0 radical (unpaired) electrons. The largest absolute Gasteiger partial charge is 0.396 e. The van der Waals surface area contributed by atoms with E-state index in [-0.39, 0.29) is 29.9 Å². The molecule has 1 aromatic carbocycles. The number of carbonyl (C=O) groups is 2. The molecule has 0 saturated heterocycles. The molecular formula is C17H24N2O3. The highest BCUT2D eigenvalue weighted by atomic mass is 16.3. The lowest BCUT2D eigenvalue weighted by Gasteiger charge is -2.30. The van der Waals surface area contributed by atoms with Crippen LogP contribution >= 0.6 is 0 Å². The summed E-state index contributed by atoms with van der Waals surface area (Å²) in [5.74, 6) is -0.331. The Morgan fingerprint density at radius 2 is 2.14 bits per heavy atom. The van der Waals surface area contributed by atoms with E-state index in [0.29, 0.717) is 11.3 Å². The zero-order chi connectivity index (χ0) is 16.3. The minimum atomic E-state index is -0.249. The van der Waals surface area contributed by atoms with Crippen molar-refractivity contribution in [1.29, 1.82) is 0 Å². The van der Waals surface area contributed by atoms with E-state index in [1.165, 1.54) is 6.92 Å². The number of hydrogen-bond donors (Lipinski definition) is 3. The average molecular weight is 304 g/mol. The quantitative estimate of drug-likeness (QED) is 0.798. The van der Waals surface area contributed by atoms with Gasteiger partial charge in [-0.3, -0.25) is 9.59 Å². The summed E-state index contributed by atoms with van der Waals surface area (Å²) in [7, 11) is 0. The molecule has 0 spiro atoms. The number of aryl methyl sites for hydroxylation is 1. The summed E-state index contributed by atoms with van der Waals surface area (Å²) >= 11 is 0. The van der Waals surface area contributed by atoms with Gasteiger partial charge in [0.25, 0.3) is 5.91 Å². The summed E-state index contributed by atoms with van der Waals surface area (Å²) in [6.45, 7) is 5.40. The Morgan fingerprint density at radius 3 is 2.77 bits per heavy atom. The molecule has 0 heterocycles. The SMILES string of the molecule is CC(=O)Nc1cc(C(=O)NC2CCCC2(C)CO)ccc1C. The van der Waals surface area contributed by atoms with Crippen LogP contribution in [-0.2, 0) is 4.79 Å². The van der Waals surface area contributed by atoms with E-state index in [4.69, 9.17) is 0 Å². The molecule has 5 nitrogen and oxygen atoms in total. The summed E-state index contributed by atoms with van der Waals surface area (Å²) < 4.78 is 0. The fraction of sp³-hybridized carbons (Fsp3) is 0.529. The average Bonchev–Trinajstić information content (AvgIpc) is 2.82. The van der Waals surface area contributed by atoms with E-state index in [1.54, 1.807) is 12.1 Å². The molecule has 1 aliphatic rings. The van der Waals surface area contributed by atoms with E-state index in [2.05, 4.69) is 10.6 Å². The lowest BCUT2D eigenvalue weighted by atomic mass is 9.85. The second kappa shape index (κ2) is 6.48. The minimum absolute atomic E-state index is 0.0180. The van der Waals surface area contributed by atoms with Crippen molar-refractivity contribution in [1.82, 2.24) is 5.32 Å². The molecule has 2 amide bonds. The van der Waals surface area contributed by atoms with Crippen LogP contribution in [0.25, 0.3) is 0 Å². The van der Waals surface area contributed by atoms with Gasteiger partial charge in [-0.2, -0.15) is 0 Å². The molecule has 1 aromatic rings. The fourth-order valence-corrected chi connectivity index (χ4v) is 3.00. The van der Waals surface area contributed by atoms with Crippen molar-refractivity contribution in [2.75, 3.05) is 11.9 Å². The van der Waals surface area contributed by atoms with Gasteiger partial charge in [-0.1, -0.05) is 19.4 Å². The van der Waals surface area contributed by atoms with Gasteiger partial charge in [-0.15, -0.1) is 0 Å². The second-order valence-corrected chi connectivity index (χ2v) is 6.44. The molecule has 3 N–H and O–H groups in total. The fourth-order valence-electron chi connectivity index (χ4n) is 3.00. The molecule has 120 valence electrons. The summed E-state index contributed by atoms with van der Waals surface area (Å²) in [6.07, 6.45) is 2.81. The van der Waals surface area contributed by atoms with Gasteiger partial charge in [0.2, 0.25) is 5.91 Å². The first kappa shape index (κ1) is 16.5. The van der Waals surface area contributed by atoms with Gasteiger partial charge >= 0.3 is 0 Å². The molecule has 1 aliphatic carbocycles. The number of carbonyl (C=O) groups excluding carboxylic acids is 2. The van der Waals surface area contributed by atoms with Gasteiger partial charge in [-0.25, -0.2) is 0 Å². The maximum atomic E-state index is 12.4. The molecule has 0 aromatic heterocycles. The van der Waals surface area contributed by atoms with E-state index < -0.39 is 0 Å². The van der Waals surface area contributed by atoms with Gasteiger partial charge < -0.3 is 15.7 Å². The maximum absolute atomic E-state index is 12.4. The van der Waals surface area contributed by atoms with Crippen molar-refractivity contribution in [3.05, 3.63) is 29.3 Å². The summed E-state index contributed by atoms with van der Waals surface area (Å²) in [5.41, 5.74) is 1.83. The van der Waals surface area contributed by atoms with Crippen molar-refractivity contribution >= 4 is 17.5 Å². The van der Waals surface area contributed by atoms with Crippen LogP contribution in [0.2, 0.25) is 0 Å². The second-order valence-electron chi connectivity index (χ2n) is 6.44. The van der Waals surface area contributed by atoms with E-state index in [0.717, 1.165) is 24.8 Å². The topological polar surface area (TPSA) is 78.4 Å². The number of anilines is 1. The van der Waals surface area contributed by atoms with Crippen molar-refractivity contribution < 1.29 is 14.7 Å². The highest BCUT2D eigenvalue weighted by molar-refractivity contribution is 5.97. The first-order chi connectivity index (χ1) is 10.4. The van der Waals surface area contributed by atoms with Crippen molar-refractivity contribution in [3.63, 3.8) is 0 Å². The molecule has 1 fully saturated rings. The molecule has 1 saturated carbocycles. The third kappa shape index (κ3) is 3.47. The van der Waals surface area contributed by atoms with Crippen LogP contribution in [0.15, 0.2) is 18.2 Å². The Morgan fingerprint density at radius 1 is 1.41 bits per heavy atom. The highest BCUT2D eigenvalue weighted by Crippen LogP contribution is 2.37. The monoisotopic (exact) mass is 304 g/mol. The predicted octanol–water partition coefficient (Wildman–Crippen LogP) is 2.23. The number of amides is 2. The number of rotatable bonds is 4. The normalized spacial score (nSPS) is 24.1. The first-order valence-corrected chi connectivity index (χ1v) is 7.66. The van der Waals surface area contributed by atoms with Crippen LogP contribution < -0.4 is 10.6 Å². The molecule has 0 bridgehead atoms. The molecule has 22 heavy (non-hydrogen) atoms. The molecule has 2 atom stereocenters. The minimum Gasteiger partial charge on any atom is -0.396 e. The van der Waals surface area contributed by atoms with Gasteiger partial charge in [0.1, 0.15) is 0 Å². The van der Waals surface area contributed by atoms with Crippen LogP contribution in [0.1, 0.15) is 49.0 Å². The highest BCUT2D eigenvalue weighted by Gasteiger charge is 2.39. The Labute approximate surface area is 131 Å². The smallest absolute Gasteiger partial charge is 0.251 e. The number of benzene rings is 1. The number of aliphatic hydroxyl groups is 1. The van der Waals surface area contributed by atoms with Crippen LogP contribution in [0, 0.1) is 12.3 Å². The summed E-state index contributed by atoms with van der Waals surface area (Å²) in [5, 5.41) is 15.3. The lowest BCUT2D eigenvalue weighted by Crippen LogP contribution is -2.44. The molecule has 5 heteroatoms. The molecule has 0 aliphatic heterocycles. The van der Waals surface area contributed by atoms with Crippen molar-refractivity contribution in [3.8, 4) is 0 Å². The van der Waals surface area contributed by atoms with Crippen molar-refractivity contribution in [2.45, 2.75) is 46.1 Å². The van der Waals surface area contributed by atoms with E-state index >= 15 is 0 Å². The van der Waals surface area contributed by atoms with Gasteiger partial charge in [0.05, 0.1) is 6.61 Å². The van der Waals surface area contributed by atoms with Crippen LogP contribution in [0.3, 0.4) is 0 Å². The van der Waals surface area contributed by atoms with Gasteiger partial charge in [0.15, 0.2) is 0 Å². The lowest BCUT2D eigenvalue weighted by molar-refractivity contribution is -0.114. The molecular weight excluding hydrogens is 280 g/mol. The Balaban J connectivity index is 2.14. The van der Waals surface area contributed by atoms with Crippen LogP contribution in [0.5, 0.6) is 0 Å². The Kier molecular flexibility index (Phi) is 4.86. The third-order valence-electron chi connectivity index (χ3n) is 4.56. The zero-order valence-corrected chi connectivity index (χ0v) is 13.4. The molecule has 2 unspecified atom stereocenters. The summed E-state index contributed by atoms with van der Waals surface area (Å²) in [6, 6.07) is 5.24. The van der Waals surface area contributed by atoms with E-state index in [1.807, 2.05) is 19.9 Å². The standard InChI is InChI=1S/C17H24N2O3/c1-11-6-7-13(9-14(11)18-12(2)21)16(22)19-15-5-4-8-17(15,3)10-20/h6-7,9,15,20H,4-5,8,10H2,1-3H3,(H,18,21)(H,19,22). The third-order valence-corrected chi connectivity index (χ3v) is 4.56. The van der Waals surface area contributed by atoms with Crippen LogP contribution in [0.4, 0.5) is 5.69 Å². The zero-order valence-electron chi connectivity index (χ0n) is 13.4. The molecule has 2 rings (SSSR count). The van der Waals surface area contributed by atoms with Crippen molar-refractivity contribution in [2.24, 2.45) is 5.41 Å². The maximum Gasteiger partial charge on any atom is 0.251 e. The number of aliphatic hydroxyl groups excluding tert-OH is 1. The van der Waals surface area contributed by atoms with Gasteiger partial charge in [-0.05, 0) is 37.5 Å². The van der Waals surface area contributed by atoms with Gasteiger partial charge in [0, 0.05) is 29.6 Å². The first-order valence-electron chi connectivity index (χ1n) is 7.66. The summed E-state index contributed by atoms with van der Waals surface area (Å²) in [4.78, 5) is 23.7. The Bertz CT molecular complexity index is 585. The predicted molar refractivity (Wildman–Crippen MR) is 85.8 cm³/mol. The van der Waals surface area contributed by atoms with E-state index in [9.17, 15) is 14.7 Å². The number of nitrogens with one attached hydrogen (secondary N) is 2. The number of hydrogen-bond acceptors (Lipinski definition) is 3. The Hall–Kier alpha value is -1.88.